The molecular weight excluding hydrogens is 212 g/mol. The molecule has 0 amide bonds. The highest BCUT2D eigenvalue weighted by molar-refractivity contribution is 7.18. The Bertz CT molecular complexity index is 457. The van der Waals surface area contributed by atoms with Gasteiger partial charge in [-0.1, -0.05) is 37.6 Å². The number of hydrogen-bond acceptors (Lipinski definition) is 1. The molecule has 0 saturated carbocycles. The molecule has 1 aromatic heterocycles. The molecule has 0 nitrogen and oxygen atoms in total. The first-order chi connectivity index (χ1) is 6.77. The first-order valence-electron chi connectivity index (χ1n) is 4.95. The third-order valence-electron chi connectivity index (χ3n) is 2.63. The number of benzene rings is 1. The van der Waals surface area contributed by atoms with Crippen molar-refractivity contribution in [2.45, 2.75) is 26.7 Å². The molecule has 0 spiro atoms. The molecule has 1 aromatic carbocycles. The van der Waals surface area contributed by atoms with Crippen LogP contribution >= 0.6 is 22.9 Å². The second kappa shape index (κ2) is 3.92. The highest BCUT2D eigenvalue weighted by Crippen LogP contribution is 2.34. The molecule has 0 aliphatic carbocycles. The number of aryl methyl sites for hydroxylation is 2. The van der Waals surface area contributed by atoms with Crippen molar-refractivity contribution < 1.29 is 0 Å². The van der Waals surface area contributed by atoms with E-state index in [1.165, 1.54) is 21.2 Å². The Morgan fingerprint density at radius 1 is 1.21 bits per heavy atom. The summed E-state index contributed by atoms with van der Waals surface area (Å²) < 4.78 is 1.37. The Hall–Kier alpha value is -0.530. The van der Waals surface area contributed by atoms with E-state index in [2.05, 4.69) is 26.0 Å². The number of fused-ring (bicyclic) bond motifs is 1. The van der Waals surface area contributed by atoms with Gasteiger partial charge in [0.05, 0.1) is 5.02 Å². The van der Waals surface area contributed by atoms with Gasteiger partial charge in [0.2, 0.25) is 0 Å². The van der Waals surface area contributed by atoms with Crippen molar-refractivity contribution in [1.29, 1.82) is 0 Å². The smallest absolute Gasteiger partial charge is 0.0591 e. The fraction of sp³-hybridized carbons (Fsp3) is 0.333. The lowest BCUT2D eigenvalue weighted by Crippen LogP contribution is -1.90. The summed E-state index contributed by atoms with van der Waals surface area (Å²) >= 11 is 7.87. The number of hydrogen-bond donors (Lipinski definition) is 0. The Morgan fingerprint density at radius 2 is 2.00 bits per heavy atom. The fourth-order valence-electron chi connectivity index (χ4n) is 1.88. The minimum atomic E-state index is 0.891. The molecule has 0 aliphatic heterocycles. The highest BCUT2D eigenvalue weighted by atomic mass is 35.5. The normalized spacial score (nSPS) is 11.1. The van der Waals surface area contributed by atoms with Crippen LogP contribution in [0.1, 0.15) is 25.0 Å². The van der Waals surface area contributed by atoms with Crippen molar-refractivity contribution in [3.8, 4) is 0 Å². The van der Waals surface area contributed by atoms with Crippen molar-refractivity contribution in [1.82, 2.24) is 0 Å². The zero-order valence-corrected chi connectivity index (χ0v) is 10.0. The van der Waals surface area contributed by atoms with Crippen LogP contribution in [0.2, 0.25) is 5.02 Å². The van der Waals surface area contributed by atoms with Gasteiger partial charge in [0.25, 0.3) is 0 Å². The van der Waals surface area contributed by atoms with E-state index in [1.807, 2.05) is 5.38 Å². The molecule has 2 heteroatoms. The van der Waals surface area contributed by atoms with Crippen LogP contribution in [0.5, 0.6) is 0 Å². The second-order valence-electron chi connectivity index (χ2n) is 3.37. The lowest BCUT2D eigenvalue weighted by molar-refractivity contribution is 1.05. The number of thiophene rings is 1. The standard InChI is InChI=1S/C12H13ClS/c1-3-8-5-6-10-11(13)7-14-12(10)9(8)4-2/h5-7H,3-4H2,1-2H3. The SMILES string of the molecule is CCc1ccc2c(Cl)csc2c1CC. The highest BCUT2D eigenvalue weighted by Gasteiger charge is 2.08. The van der Waals surface area contributed by atoms with Gasteiger partial charge >= 0.3 is 0 Å². The van der Waals surface area contributed by atoms with E-state index in [0.29, 0.717) is 0 Å². The summed E-state index contributed by atoms with van der Waals surface area (Å²) in [5.41, 5.74) is 2.93. The molecule has 0 radical (unpaired) electrons. The van der Waals surface area contributed by atoms with Crippen LogP contribution in [0.15, 0.2) is 17.5 Å². The third kappa shape index (κ3) is 1.45. The van der Waals surface area contributed by atoms with E-state index >= 15 is 0 Å². The van der Waals surface area contributed by atoms with Crippen LogP contribution < -0.4 is 0 Å². The van der Waals surface area contributed by atoms with Crippen molar-refractivity contribution in [2.24, 2.45) is 0 Å². The first-order valence-corrected chi connectivity index (χ1v) is 6.21. The Kier molecular flexibility index (Phi) is 2.80. The lowest BCUT2D eigenvalue weighted by Gasteiger charge is -2.06. The van der Waals surface area contributed by atoms with Crippen LogP contribution in [-0.4, -0.2) is 0 Å². The molecule has 14 heavy (non-hydrogen) atoms. The number of halogens is 1. The maximum atomic E-state index is 6.11. The quantitative estimate of drug-likeness (QED) is 0.695. The van der Waals surface area contributed by atoms with E-state index in [-0.39, 0.29) is 0 Å². The third-order valence-corrected chi connectivity index (χ3v) is 4.13. The molecule has 2 aromatic rings. The first kappa shape index (κ1) is 10.0. The number of rotatable bonds is 2. The average molecular weight is 225 g/mol. The molecule has 1 heterocycles. The lowest BCUT2D eigenvalue weighted by atomic mass is 10.0. The largest absolute Gasteiger partial charge is 0.142 e. The monoisotopic (exact) mass is 224 g/mol. The molecule has 0 unspecified atom stereocenters. The van der Waals surface area contributed by atoms with Crippen LogP contribution in [0.4, 0.5) is 0 Å². The van der Waals surface area contributed by atoms with Crippen molar-refractivity contribution in [2.75, 3.05) is 0 Å². The zero-order valence-electron chi connectivity index (χ0n) is 8.43. The maximum Gasteiger partial charge on any atom is 0.0591 e. The molecule has 0 saturated heterocycles. The summed E-state index contributed by atoms with van der Waals surface area (Å²) in [6.45, 7) is 4.41. The minimum Gasteiger partial charge on any atom is -0.142 e. The van der Waals surface area contributed by atoms with Gasteiger partial charge in [-0.15, -0.1) is 11.3 Å². The molecule has 2 rings (SSSR count). The van der Waals surface area contributed by atoms with Crippen LogP contribution in [0.25, 0.3) is 10.1 Å². The Labute approximate surface area is 93.5 Å². The van der Waals surface area contributed by atoms with E-state index in [0.717, 1.165) is 17.9 Å². The minimum absolute atomic E-state index is 0.891. The zero-order chi connectivity index (χ0) is 10.1. The van der Waals surface area contributed by atoms with Crippen molar-refractivity contribution in [3.05, 3.63) is 33.7 Å². The van der Waals surface area contributed by atoms with E-state index in [9.17, 15) is 0 Å². The Balaban J connectivity index is 2.77. The predicted octanol–water partition coefficient (Wildman–Crippen LogP) is 4.68. The molecular formula is C12H13ClS. The summed E-state index contributed by atoms with van der Waals surface area (Å²) in [6, 6.07) is 4.35. The predicted molar refractivity (Wildman–Crippen MR) is 65.6 cm³/mol. The van der Waals surface area contributed by atoms with Gasteiger partial charge in [-0.05, 0) is 24.0 Å². The average Bonchev–Trinajstić information content (AvgIpc) is 2.59. The summed E-state index contributed by atoms with van der Waals surface area (Å²) in [7, 11) is 0. The van der Waals surface area contributed by atoms with Gasteiger partial charge in [0.15, 0.2) is 0 Å². The summed E-state index contributed by atoms with van der Waals surface area (Å²) in [5.74, 6) is 0. The van der Waals surface area contributed by atoms with Gasteiger partial charge in [-0.2, -0.15) is 0 Å². The van der Waals surface area contributed by atoms with Gasteiger partial charge in [0.1, 0.15) is 0 Å². The van der Waals surface area contributed by atoms with E-state index < -0.39 is 0 Å². The van der Waals surface area contributed by atoms with Crippen LogP contribution in [0.3, 0.4) is 0 Å². The van der Waals surface area contributed by atoms with Crippen LogP contribution in [0, 0.1) is 0 Å². The van der Waals surface area contributed by atoms with E-state index in [1.54, 1.807) is 11.3 Å². The van der Waals surface area contributed by atoms with E-state index in [4.69, 9.17) is 11.6 Å². The Morgan fingerprint density at radius 3 is 2.64 bits per heavy atom. The molecule has 74 valence electrons. The van der Waals surface area contributed by atoms with Crippen molar-refractivity contribution in [3.63, 3.8) is 0 Å². The van der Waals surface area contributed by atoms with Gasteiger partial charge in [-0.3, -0.25) is 0 Å². The van der Waals surface area contributed by atoms with Gasteiger partial charge in [-0.25, -0.2) is 0 Å². The summed E-state index contributed by atoms with van der Waals surface area (Å²) in [6.07, 6.45) is 2.20. The van der Waals surface area contributed by atoms with Gasteiger partial charge < -0.3 is 0 Å². The van der Waals surface area contributed by atoms with Crippen molar-refractivity contribution >= 4 is 33.0 Å². The molecule has 0 atom stereocenters. The topological polar surface area (TPSA) is 0 Å². The molecule has 0 N–H and O–H groups in total. The van der Waals surface area contributed by atoms with Gasteiger partial charge in [0, 0.05) is 15.5 Å². The fourth-order valence-corrected chi connectivity index (χ4v) is 3.30. The van der Waals surface area contributed by atoms with Crippen LogP contribution in [-0.2, 0) is 12.8 Å². The molecule has 0 fully saturated rings. The summed E-state index contributed by atoms with van der Waals surface area (Å²) in [5, 5.41) is 4.14. The summed E-state index contributed by atoms with van der Waals surface area (Å²) in [4.78, 5) is 0. The molecule has 0 bridgehead atoms. The second-order valence-corrected chi connectivity index (χ2v) is 4.66. The maximum absolute atomic E-state index is 6.11. The molecule has 0 aliphatic rings.